The highest BCUT2D eigenvalue weighted by atomic mass is 35.5. The van der Waals surface area contributed by atoms with Crippen LogP contribution in [0.5, 0.6) is 0 Å². The average Bonchev–Trinajstić information content (AvgIpc) is 2.40. The first-order valence-electron chi connectivity index (χ1n) is 5.58. The maximum atomic E-state index is 13.5. The molecule has 3 nitrogen and oxygen atoms in total. The standard InChI is InChI=1S/C14H11ClFNO2/c15-10-5-6-12(16)13(7-10)17-8-9-3-1-2-4-11(9)14(18)19/h1-7,17H,8H2,(H,18,19). The van der Waals surface area contributed by atoms with Gasteiger partial charge in [0.2, 0.25) is 0 Å². The van der Waals surface area contributed by atoms with Crippen LogP contribution in [0.4, 0.5) is 10.1 Å². The Morgan fingerprint density at radius 2 is 2.00 bits per heavy atom. The summed E-state index contributed by atoms with van der Waals surface area (Å²) in [5.41, 5.74) is 1.01. The van der Waals surface area contributed by atoms with Gasteiger partial charge in [0.15, 0.2) is 0 Å². The van der Waals surface area contributed by atoms with Gasteiger partial charge in [0.25, 0.3) is 0 Å². The van der Waals surface area contributed by atoms with E-state index in [-0.39, 0.29) is 17.8 Å². The first-order valence-corrected chi connectivity index (χ1v) is 5.96. The summed E-state index contributed by atoms with van der Waals surface area (Å²) in [6.07, 6.45) is 0. The van der Waals surface area contributed by atoms with Crippen LogP contribution in [-0.4, -0.2) is 11.1 Å². The number of halogens is 2. The molecule has 0 bridgehead atoms. The van der Waals surface area contributed by atoms with Crippen LogP contribution in [0, 0.1) is 5.82 Å². The van der Waals surface area contributed by atoms with E-state index < -0.39 is 11.8 Å². The first kappa shape index (κ1) is 13.4. The molecule has 0 aliphatic carbocycles. The van der Waals surface area contributed by atoms with Crippen LogP contribution in [0.15, 0.2) is 42.5 Å². The van der Waals surface area contributed by atoms with Crippen LogP contribution >= 0.6 is 11.6 Å². The lowest BCUT2D eigenvalue weighted by molar-refractivity contribution is 0.0696. The van der Waals surface area contributed by atoms with E-state index in [1.165, 1.54) is 24.3 Å². The molecule has 0 saturated carbocycles. The molecule has 2 aromatic rings. The predicted octanol–water partition coefficient (Wildman–Crippen LogP) is 3.79. The van der Waals surface area contributed by atoms with Crippen molar-refractivity contribution < 1.29 is 14.3 Å². The second-order valence-electron chi connectivity index (χ2n) is 3.94. The SMILES string of the molecule is O=C(O)c1ccccc1CNc1cc(Cl)ccc1F. The maximum absolute atomic E-state index is 13.5. The van der Waals surface area contributed by atoms with Gasteiger partial charge in [-0.2, -0.15) is 0 Å². The molecule has 98 valence electrons. The molecule has 5 heteroatoms. The summed E-state index contributed by atoms with van der Waals surface area (Å²) in [5, 5.41) is 12.3. The largest absolute Gasteiger partial charge is 0.478 e. The van der Waals surface area contributed by atoms with Gasteiger partial charge in [-0.15, -0.1) is 0 Å². The Hall–Kier alpha value is -2.07. The van der Waals surface area contributed by atoms with E-state index in [1.54, 1.807) is 18.2 Å². The number of rotatable bonds is 4. The smallest absolute Gasteiger partial charge is 0.336 e. The second-order valence-corrected chi connectivity index (χ2v) is 4.38. The third-order valence-corrected chi connectivity index (χ3v) is 2.88. The van der Waals surface area contributed by atoms with Gasteiger partial charge in [0.05, 0.1) is 11.3 Å². The van der Waals surface area contributed by atoms with E-state index in [0.717, 1.165) is 0 Å². The fraction of sp³-hybridized carbons (Fsp3) is 0.0714. The monoisotopic (exact) mass is 279 g/mol. The molecule has 2 N–H and O–H groups in total. The number of aromatic carboxylic acids is 1. The summed E-state index contributed by atoms with van der Waals surface area (Å²) in [6.45, 7) is 0.208. The maximum Gasteiger partial charge on any atom is 0.336 e. The fourth-order valence-corrected chi connectivity index (χ4v) is 1.88. The molecule has 0 spiro atoms. The van der Waals surface area contributed by atoms with Crippen LogP contribution in [-0.2, 0) is 6.54 Å². The Kier molecular flexibility index (Phi) is 4.02. The number of carboxylic acid groups (broad SMARTS) is 1. The van der Waals surface area contributed by atoms with Crippen LogP contribution in [0.3, 0.4) is 0 Å². The zero-order chi connectivity index (χ0) is 13.8. The molecule has 0 atom stereocenters. The molecule has 2 rings (SSSR count). The van der Waals surface area contributed by atoms with E-state index >= 15 is 0 Å². The van der Waals surface area contributed by atoms with Gasteiger partial charge in [-0.25, -0.2) is 9.18 Å². The minimum Gasteiger partial charge on any atom is -0.478 e. The number of benzene rings is 2. The second kappa shape index (κ2) is 5.71. The van der Waals surface area contributed by atoms with Crippen molar-refractivity contribution in [3.63, 3.8) is 0 Å². The van der Waals surface area contributed by atoms with E-state index in [2.05, 4.69) is 5.32 Å². The van der Waals surface area contributed by atoms with Crippen molar-refractivity contribution in [1.82, 2.24) is 0 Å². The third kappa shape index (κ3) is 3.23. The Morgan fingerprint density at radius 1 is 1.26 bits per heavy atom. The highest BCUT2D eigenvalue weighted by Crippen LogP contribution is 2.20. The minimum absolute atomic E-state index is 0.192. The number of anilines is 1. The lowest BCUT2D eigenvalue weighted by Gasteiger charge is -2.10. The van der Waals surface area contributed by atoms with Crippen LogP contribution in [0.25, 0.3) is 0 Å². The Morgan fingerprint density at radius 3 is 2.74 bits per heavy atom. The summed E-state index contributed by atoms with van der Waals surface area (Å²) >= 11 is 5.78. The van der Waals surface area contributed by atoms with Crippen molar-refractivity contribution in [2.45, 2.75) is 6.54 Å². The van der Waals surface area contributed by atoms with Crippen molar-refractivity contribution >= 4 is 23.3 Å². The minimum atomic E-state index is -1.01. The quantitative estimate of drug-likeness (QED) is 0.895. The molecule has 0 amide bonds. The van der Waals surface area contributed by atoms with Gasteiger partial charge in [0, 0.05) is 11.6 Å². The fourth-order valence-electron chi connectivity index (χ4n) is 1.71. The number of hydrogen-bond acceptors (Lipinski definition) is 2. The third-order valence-electron chi connectivity index (χ3n) is 2.65. The topological polar surface area (TPSA) is 49.3 Å². The number of nitrogens with one attached hydrogen (secondary N) is 1. The first-order chi connectivity index (χ1) is 9.08. The summed E-state index contributed by atoms with van der Waals surface area (Å²) in [4.78, 5) is 11.0. The van der Waals surface area contributed by atoms with Crippen molar-refractivity contribution in [2.24, 2.45) is 0 Å². The zero-order valence-corrected chi connectivity index (χ0v) is 10.6. The molecule has 19 heavy (non-hydrogen) atoms. The van der Waals surface area contributed by atoms with Crippen molar-refractivity contribution in [3.05, 3.63) is 64.4 Å². The summed E-state index contributed by atoms with van der Waals surface area (Å²) in [7, 11) is 0. The van der Waals surface area contributed by atoms with Crippen molar-refractivity contribution in [1.29, 1.82) is 0 Å². The molecular formula is C14H11ClFNO2. The van der Waals surface area contributed by atoms with Crippen LogP contribution in [0.2, 0.25) is 5.02 Å². The molecule has 0 aliphatic rings. The Labute approximate surface area is 114 Å². The summed E-state index contributed by atoms with van der Waals surface area (Å²) in [5.74, 6) is -1.44. The molecule has 0 saturated heterocycles. The van der Waals surface area contributed by atoms with Crippen LogP contribution < -0.4 is 5.32 Å². The Bertz CT molecular complexity index is 616. The van der Waals surface area contributed by atoms with Crippen molar-refractivity contribution in [3.8, 4) is 0 Å². The normalized spacial score (nSPS) is 10.2. The van der Waals surface area contributed by atoms with Gasteiger partial charge >= 0.3 is 5.97 Å². The van der Waals surface area contributed by atoms with Gasteiger partial charge in [-0.1, -0.05) is 29.8 Å². The molecule has 0 fully saturated rings. The lowest BCUT2D eigenvalue weighted by Crippen LogP contribution is -2.07. The number of carboxylic acids is 1. The highest BCUT2D eigenvalue weighted by molar-refractivity contribution is 6.30. The predicted molar refractivity (Wildman–Crippen MR) is 72.1 cm³/mol. The zero-order valence-electron chi connectivity index (χ0n) is 9.86. The molecule has 0 aliphatic heterocycles. The highest BCUT2D eigenvalue weighted by Gasteiger charge is 2.09. The van der Waals surface area contributed by atoms with Gasteiger partial charge in [-0.05, 0) is 29.8 Å². The molecule has 2 aromatic carbocycles. The van der Waals surface area contributed by atoms with Gasteiger partial charge in [-0.3, -0.25) is 0 Å². The summed E-state index contributed by atoms with van der Waals surface area (Å²) in [6, 6.07) is 10.7. The van der Waals surface area contributed by atoms with E-state index in [1.807, 2.05) is 0 Å². The number of hydrogen-bond donors (Lipinski definition) is 2. The summed E-state index contributed by atoms with van der Waals surface area (Å²) < 4.78 is 13.5. The lowest BCUT2D eigenvalue weighted by atomic mass is 10.1. The van der Waals surface area contributed by atoms with E-state index in [0.29, 0.717) is 10.6 Å². The molecule has 0 aromatic heterocycles. The molecule has 0 unspecified atom stereocenters. The van der Waals surface area contributed by atoms with Gasteiger partial charge in [0.1, 0.15) is 5.82 Å². The molecule has 0 radical (unpaired) electrons. The van der Waals surface area contributed by atoms with Crippen LogP contribution in [0.1, 0.15) is 15.9 Å². The Balaban J connectivity index is 2.19. The molecular weight excluding hydrogens is 269 g/mol. The number of carbonyl (C=O) groups is 1. The van der Waals surface area contributed by atoms with E-state index in [4.69, 9.17) is 16.7 Å². The average molecular weight is 280 g/mol. The van der Waals surface area contributed by atoms with Gasteiger partial charge < -0.3 is 10.4 Å². The molecule has 0 heterocycles. The van der Waals surface area contributed by atoms with E-state index in [9.17, 15) is 9.18 Å². The van der Waals surface area contributed by atoms with Crippen molar-refractivity contribution in [2.75, 3.05) is 5.32 Å².